The quantitative estimate of drug-likeness (QED) is 0.566. The normalized spacial score (nSPS) is 34.8. The van der Waals surface area contributed by atoms with Gasteiger partial charge in [-0.25, -0.2) is 4.99 Å². The molecule has 2 saturated heterocycles. The summed E-state index contributed by atoms with van der Waals surface area (Å²) in [5, 5.41) is 2.00. The second-order valence-corrected chi connectivity index (χ2v) is 10.7. The summed E-state index contributed by atoms with van der Waals surface area (Å²) in [5.74, 6) is 1.70. The smallest absolute Gasteiger partial charge is 0.155 e. The molecule has 5 aliphatic rings. The van der Waals surface area contributed by atoms with Crippen molar-refractivity contribution >= 4 is 11.4 Å². The Bertz CT molecular complexity index is 1290. The molecular formula is C25H29N5O. The lowest BCUT2D eigenvalue weighted by Crippen LogP contribution is -2.45. The van der Waals surface area contributed by atoms with E-state index in [-0.39, 0.29) is 17.0 Å². The minimum Gasteiger partial charge on any atom is -0.453 e. The molecule has 0 N–H and O–H groups in total. The molecule has 0 aliphatic carbocycles. The fraction of sp³-hybridized carbons (Fsp3) is 0.520. The first-order valence-corrected chi connectivity index (χ1v) is 11.4. The van der Waals surface area contributed by atoms with Gasteiger partial charge >= 0.3 is 0 Å². The zero-order valence-electron chi connectivity index (χ0n) is 18.9. The Morgan fingerprint density at radius 2 is 1.65 bits per heavy atom. The van der Waals surface area contributed by atoms with Gasteiger partial charge in [0.05, 0.1) is 11.5 Å². The third-order valence-corrected chi connectivity index (χ3v) is 8.80. The van der Waals surface area contributed by atoms with Gasteiger partial charge in [-0.15, -0.1) is 0 Å². The van der Waals surface area contributed by atoms with Crippen LogP contribution >= 0.6 is 0 Å². The predicted octanol–water partition coefficient (Wildman–Crippen LogP) is 2.67. The molecular weight excluding hydrogens is 386 g/mol. The molecule has 7 rings (SSSR count). The average molecular weight is 416 g/mol. The molecule has 5 heterocycles. The first-order valence-electron chi connectivity index (χ1n) is 11.4. The molecule has 2 aromatic rings. The number of fused-ring (bicyclic) bond motifs is 8. The minimum absolute atomic E-state index is 0.0731. The van der Waals surface area contributed by atoms with Crippen LogP contribution in [0, 0.1) is 0 Å². The average Bonchev–Trinajstić information content (AvgIpc) is 3.37. The topological polar surface area (TPSA) is 43.7 Å². The maximum atomic E-state index is 6.47. The highest BCUT2D eigenvalue weighted by Gasteiger charge is 2.53. The van der Waals surface area contributed by atoms with Crippen molar-refractivity contribution in [2.75, 3.05) is 39.1 Å². The minimum atomic E-state index is 0.0731. The molecule has 6 heteroatoms. The Morgan fingerprint density at radius 3 is 2.48 bits per heavy atom. The lowest BCUT2D eigenvalue weighted by molar-refractivity contribution is 0.268. The SMILES string of the molecule is CN1CC[C@@]2(C)c3cc4c(cc3=NC12)Oc1cc2c(cc1N=4)N(C)C1N(C)CC[C@@]21C. The third kappa shape index (κ3) is 2.06. The van der Waals surface area contributed by atoms with Crippen molar-refractivity contribution < 1.29 is 4.74 Å². The van der Waals surface area contributed by atoms with Gasteiger partial charge in [0.25, 0.3) is 0 Å². The molecule has 31 heavy (non-hydrogen) atoms. The molecule has 0 saturated carbocycles. The van der Waals surface area contributed by atoms with E-state index in [0.29, 0.717) is 6.17 Å². The van der Waals surface area contributed by atoms with E-state index in [9.17, 15) is 0 Å². The Kier molecular flexibility index (Phi) is 3.21. The fourth-order valence-electron chi connectivity index (χ4n) is 7.08. The van der Waals surface area contributed by atoms with Crippen LogP contribution in [0.3, 0.4) is 0 Å². The van der Waals surface area contributed by atoms with Gasteiger partial charge in [-0.3, -0.25) is 14.8 Å². The van der Waals surface area contributed by atoms with Gasteiger partial charge in [-0.1, -0.05) is 13.8 Å². The molecule has 2 unspecified atom stereocenters. The Morgan fingerprint density at radius 1 is 0.871 bits per heavy atom. The summed E-state index contributed by atoms with van der Waals surface area (Å²) in [6.07, 6.45) is 2.92. The van der Waals surface area contributed by atoms with E-state index >= 15 is 0 Å². The van der Waals surface area contributed by atoms with Crippen LogP contribution in [0.1, 0.15) is 37.8 Å². The van der Waals surface area contributed by atoms with Gasteiger partial charge < -0.3 is 9.64 Å². The highest BCUT2D eigenvalue weighted by Crippen LogP contribution is 2.54. The molecule has 2 aromatic carbocycles. The summed E-state index contributed by atoms with van der Waals surface area (Å²) >= 11 is 0. The van der Waals surface area contributed by atoms with Gasteiger partial charge in [-0.05, 0) is 56.3 Å². The van der Waals surface area contributed by atoms with E-state index in [1.165, 1.54) is 16.8 Å². The summed E-state index contributed by atoms with van der Waals surface area (Å²) in [5.41, 5.74) is 5.12. The van der Waals surface area contributed by atoms with Gasteiger partial charge in [-0.2, -0.15) is 0 Å². The van der Waals surface area contributed by atoms with Crippen molar-refractivity contribution in [1.82, 2.24) is 9.80 Å². The molecule has 160 valence electrons. The van der Waals surface area contributed by atoms with Crippen LogP contribution < -0.4 is 20.4 Å². The number of anilines is 1. The number of ether oxygens (including phenoxy) is 1. The summed E-state index contributed by atoms with van der Waals surface area (Å²) in [7, 11) is 6.62. The van der Waals surface area contributed by atoms with Crippen LogP contribution in [0.4, 0.5) is 11.4 Å². The van der Waals surface area contributed by atoms with Crippen LogP contribution in [0.5, 0.6) is 11.5 Å². The lowest BCUT2D eigenvalue weighted by atomic mass is 9.81. The van der Waals surface area contributed by atoms with E-state index in [2.05, 4.69) is 74.0 Å². The Labute approximate surface area is 182 Å². The standard InChI is InChI=1S/C25H29N5O/c1-24-6-8-28(3)22(24)27-16-13-21-17(10-14(16)24)26-18-12-19-15(11-20(18)31-21)25(2)7-9-29(4)23(25)30(19)5/h10-13,22-23H,6-9H2,1-5H3/t22?,23?,24-,25-/m0/s1. The van der Waals surface area contributed by atoms with E-state index in [4.69, 9.17) is 14.7 Å². The van der Waals surface area contributed by atoms with E-state index in [1.807, 2.05) is 0 Å². The van der Waals surface area contributed by atoms with Gasteiger partial charge in [0.2, 0.25) is 0 Å². The first-order chi connectivity index (χ1) is 14.8. The largest absolute Gasteiger partial charge is 0.453 e. The van der Waals surface area contributed by atoms with Crippen molar-refractivity contribution in [2.45, 2.75) is 49.9 Å². The van der Waals surface area contributed by atoms with E-state index in [1.54, 1.807) is 0 Å². The zero-order valence-corrected chi connectivity index (χ0v) is 18.9. The molecule has 5 aliphatic heterocycles. The number of likely N-dealkylation sites (tertiary alicyclic amines) is 2. The molecule has 4 atom stereocenters. The number of hydrogen-bond acceptors (Lipinski definition) is 6. The fourth-order valence-corrected chi connectivity index (χ4v) is 7.08. The Hall–Kier alpha value is -2.44. The van der Waals surface area contributed by atoms with Crippen molar-refractivity contribution in [3.8, 4) is 11.5 Å². The number of rotatable bonds is 0. The molecule has 0 spiro atoms. The van der Waals surface area contributed by atoms with Crippen LogP contribution in [-0.4, -0.2) is 56.4 Å². The van der Waals surface area contributed by atoms with Crippen molar-refractivity contribution in [3.63, 3.8) is 0 Å². The van der Waals surface area contributed by atoms with Crippen LogP contribution in [-0.2, 0) is 10.8 Å². The van der Waals surface area contributed by atoms with Crippen LogP contribution in [0.15, 0.2) is 34.3 Å². The number of benzene rings is 2. The number of hydrogen-bond donors (Lipinski definition) is 0. The first kappa shape index (κ1) is 18.2. The van der Waals surface area contributed by atoms with Gasteiger partial charge in [0.1, 0.15) is 17.2 Å². The number of likely N-dealkylation sites (N-methyl/N-ethyl adjacent to an activating group) is 3. The number of nitrogens with zero attached hydrogens (tertiary/aromatic N) is 5. The second kappa shape index (κ2) is 5.48. The van der Waals surface area contributed by atoms with Gasteiger partial charge in [0.15, 0.2) is 11.5 Å². The maximum absolute atomic E-state index is 6.47. The van der Waals surface area contributed by atoms with Crippen LogP contribution in [0.25, 0.3) is 0 Å². The summed E-state index contributed by atoms with van der Waals surface area (Å²) < 4.78 is 6.47. The monoisotopic (exact) mass is 415 g/mol. The molecule has 0 aromatic heterocycles. The summed E-state index contributed by atoms with van der Waals surface area (Å²) in [6, 6.07) is 8.83. The third-order valence-electron chi connectivity index (χ3n) is 8.80. The molecule has 6 nitrogen and oxygen atoms in total. The highest BCUT2D eigenvalue weighted by molar-refractivity contribution is 5.74. The van der Waals surface area contributed by atoms with Crippen LogP contribution in [0.2, 0.25) is 0 Å². The summed E-state index contributed by atoms with van der Waals surface area (Å²) in [4.78, 5) is 17.4. The molecule has 0 bridgehead atoms. The van der Waals surface area contributed by atoms with Gasteiger partial charge in [0, 0.05) is 42.7 Å². The van der Waals surface area contributed by atoms with E-state index < -0.39 is 0 Å². The highest BCUT2D eigenvalue weighted by atomic mass is 16.5. The summed E-state index contributed by atoms with van der Waals surface area (Å²) in [6.45, 7) is 6.95. The van der Waals surface area contributed by atoms with E-state index in [0.717, 1.165) is 53.8 Å². The zero-order chi connectivity index (χ0) is 21.3. The van der Waals surface area contributed by atoms with Crippen molar-refractivity contribution in [3.05, 3.63) is 46.1 Å². The second-order valence-electron chi connectivity index (χ2n) is 10.7. The van der Waals surface area contributed by atoms with Crippen molar-refractivity contribution in [2.24, 2.45) is 9.98 Å². The van der Waals surface area contributed by atoms with Crippen molar-refractivity contribution in [1.29, 1.82) is 0 Å². The molecule has 2 fully saturated rings. The maximum Gasteiger partial charge on any atom is 0.155 e. The lowest BCUT2D eigenvalue weighted by Gasteiger charge is -2.32. The molecule has 0 radical (unpaired) electrons. The predicted molar refractivity (Wildman–Crippen MR) is 120 cm³/mol. The Balaban J connectivity index is 1.38. The molecule has 0 amide bonds.